The highest BCUT2D eigenvalue weighted by Crippen LogP contribution is 2.32. The number of anilines is 1. The quantitative estimate of drug-likeness (QED) is 0.625. The Morgan fingerprint density at radius 1 is 1.32 bits per heavy atom. The minimum atomic E-state index is -0.363. The third-order valence-electron chi connectivity index (χ3n) is 3.50. The first-order chi connectivity index (χ1) is 12.0. The van der Waals surface area contributed by atoms with Crippen LogP contribution in [0.25, 0.3) is 10.6 Å². The van der Waals surface area contributed by atoms with Crippen molar-refractivity contribution in [2.24, 2.45) is 0 Å². The van der Waals surface area contributed by atoms with Crippen LogP contribution < -0.4 is 5.32 Å². The van der Waals surface area contributed by atoms with Crippen molar-refractivity contribution in [2.45, 2.75) is 25.2 Å². The van der Waals surface area contributed by atoms with Crippen molar-refractivity contribution >= 4 is 45.5 Å². The van der Waals surface area contributed by atoms with Gasteiger partial charge in [0.2, 0.25) is 5.91 Å². The number of amides is 1. The van der Waals surface area contributed by atoms with Gasteiger partial charge in [-0.1, -0.05) is 6.07 Å². The van der Waals surface area contributed by atoms with Crippen molar-refractivity contribution in [3.63, 3.8) is 0 Å². The van der Waals surface area contributed by atoms with Crippen LogP contribution in [-0.2, 0) is 11.2 Å². The third kappa shape index (κ3) is 4.26. The number of aryl methyl sites for hydroxylation is 2. The van der Waals surface area contributed by atoms with Crippen LogP contribution in [0.3, 0.4) is 0 Å². The smallest absolute Gasteiger partial charge is 0.230 e. The number of carbonyl (C=O) groups is 1. The summed E-state index contributed by atoms with van der Waals surface area (Å²) in [5.74, 6) is -0.647. The third-order valence-corrected chi connectivity index (χ3v) is 6.08. The van der Waals surface area contributed by atoms with Crippen LogP contribution in [0, 0.1) is 19.7 Å². The summed E-state index contributed by atoms with van der Waals surface area (Å²) in [5, 5.41) is 6.12. The second-order valence-electron chi connectivity index (χ2n) is 5.37. The standard InChI is InChI=1S/C17H16FN3OS3/c1-9-16(25-10(2)19-9)14-8-24-17(20-14)21-15(22)6-11-4-5-12(23-3)7-13(11)18/h4-5,7-8H,6H2,1-3H3,(H,20,21,22). The highest BCUT2D eigenvalue weighted by Gasteiger charge is 2.14. The van der Waals surface area contributed by atoms with Crippen LogP contribution in [0.5, 0.6) is 0 Å². The molecule has 3 aromatic rings. The van der Waals surface area contributed by atoms with E-state index in [1.165, 1.54) is 29.2 Å². The molecule has 0 spiro atoms. The monoisotopic (exact) mass is 393 g/mol. The van der Waals surface area contributed by atoms with Gasteiger partial charge < -0.3 is 5.32 Å². The molecule has 1 amide bonds. The normalized spacial score (nSPS) is 10.9. The highest BCUT2D eigenvalue weighted by atomic mass is 32.2. The van der Waals surface area contributed by atoms with Gasteiger partial charge >= 0.3 is 0 Å². The minimum absolute atomic E-state index is 0.0197. The number of aromatic nitrogens is 2. The van der Waals surface area contributed by atoms with Gasteiger partial charge in [-0.3, -0.25) is 4.79 Å². The number of hydrogen-bond donors (Lipinski definition) is 1. The van der Waals surface area contributed by atoms with Gasteiger partial charge in [0, 0.05) is 10.3 Å². The number of hydrogen-bond acceptors (Lipinski definition) is 6. The summed E-state index contributed by atoms with van der Waals surface area (Å²) in [6.45, 7) is 3.89. The number of halogens is 1. The second-order valence-corrected chi connectivity index (χ2v) is 8.31. The predicted octanol–water partition coefficient (Wildman–Crippen LogP) is 4.93. The van der Waals surface area contributed by atoms with Crippen molar-refractivity contribution in [3.8, 4) is 10.6 Å². The molecule has 0 aliphatic heterocycles. The van der Waals surface area contributed by atoms with Crippen LogP contribution in [0.1, 0.15) is 16.3 Å². The average Bonchev–Trinajstić information content (AvgIpc) is 3.15. The molecule has 8 heteroatoms. The summed E-state index contributed by atoms with van der Waals surface area (Å²) in [4.78, 5) is 22.9. The van der Waals surface area contributed by atoms with Gasteiger partial charge in [0.15, 0.2) is 5.13 Å². The van der Waals surface area contributed by atoms with E-state index in [1.807, 2.05) is 31.5 Å². The number of nitrogens with one attached hydrogen (secondary N) is 1. The number of thiazole rings is 2. The lowest BCUT2D eigenvalue weighted by Crippen LogP contribution is -2.15. The van der Waals surface area contributed by atoms with Gasteiger partial charge in [-0.15, -0.1) is 34.4 Å². The molecule has 0 bridgehead atoms. The Labute approximate surface area is 157 Å². The number of nitrogens with zero attached hydrogens (tertiary/aromatic N) is 2. The van der Waals surface area contributed by atoms with Gasteiger partial charge in [0.1, 0.15) is 5.82 Å². The summed E-state index contributed by atoms with van der Waals surface area (Å²) < 4.78 is 14.0. The first-order valence-corrected chi connectivity index (χ1v) is 10.4. The molecule has 0 atom stereocenters. The van der Waals surface area contributed by atoms with Crippen molar-refractivity contribution in [1.29, 1.82) is 0 Å². The van der Waals surface area contributed by atoms with Gasteiger partial charge in [-0.2, -0.15) is 0 Å². The van der Waals surface area contributed by atoms with Crippen LogP contribution in [0.15, 0.2) is 28.5 Å². The summed E-state index contributed by atoms with van der Waals surface area (Å²) in [6.07, 6.45) is 1.86. The molecule has 0 unspecified atom stereocenters. The predicted molar refractivity (Wildman–Crippen MR) is 103 cm³/mol. The van der Waals surface area contributed by atoms with Crippen LogP contribution in [0.2, 0.25) is 0 Å². The SMILES string of the molecule is CSc1ccc(CC(=O)Nc2nc(-c3sc(C)nc3C)cs2)c(F)c1. The van der Waals surface area contributed by atoms with E-state index in [1.54, 1.807) is 17.4 Å². The van der Waals surface area contributed by atoms with E-state index in [2.05, 4.69) is 15.3 Å². The summed E-state index contributed by atoms with van der Waals surface area (Å²) in [7, 11) is 0. The Bertz CT molecular complexity index is 920. The van der Waals surface area contributed by atoms with Crippen molar-refractivity contribution in [3.05, 3.63) is 45.7 Å². The maximum atomic E-state index is 14.0. The molecule has 0 aliphatic carbocycles. The Morgan fingerprint density at radius 3 is 2.76 bits per heavy atom. The molecule has 3 rings (SSSR count). The van der Waals surface area contributed by atoms with E-state index in [4.69, 9.17) is 0 Å². The van der Waals surface area contributed by atoms with Crippen molar-refractivity contribution in [2.75, 3.05) is 11.6 Å². The van der Waals surface area contributed by atoms with Crippen molar-refractivity contribution in [1.82, 2.24) is 9.97 Å². The molecule has 2 aromatic heterocycles. The van der Waals surface area contributed by atoms with Crippen LogP contribution >= 0.6 is 34.4 Å². The fourth-order valence-electron chi connectivity index (χ4n) is 2.34. The second kappa shape index (κ2) is 7.63. The van der Waals surface area contributed by atoms with E-state index in [0.717, 1.165) is 26.2 Å². The molecule has 25 heavy (non-hydrogen) atoms. The molecule has 0 saturated heterocycles. The largest absolute Gasteiger partial charge is 0.302 e. The molecule has 1 N–H and O–H groups in total. The number of benzene rings is 1. The van der Waals surface area contributed by atoms with Crippen LogP contribution in [0.4, 0.5) is 9.52 Å². The van der Waals surface area contributed by atoms with E-state index in [9.17, 15) is 9.18 Å². The Balaban J connectivity index is 1.69. The summed E-state index contributed by atoms with van der Waals surface area (Å²) >= 11 is 4.39. The summed E-state index contributed by atoms with van der Waals surface area (Å²) in [6, 6.07) is 4.91. The van der Waals surface area contributed by atoms with Crippen LogP contribution in [-0.4, -0.2) is 22.1 Å². The van der Waals surface area contributed by atoms with E-state index < -0.39 is 0 Å². The number of rotatable bonds is 5. The topological polar surface area (TPSA) is 54.9 Å². The zero-order valence-corrected chi connectivity index (χ0v) is 16.4. The fraction of sp³-hybridized carbons (Fsp3) is 0.235. The summed E-state index contributed by atoms with van der Waals surface area (Å²) in [5.41, 5.74) is 2.11. The highest BCUT2D eigenvalue weighted by molar-refractivity contribution is 7.98. The molecule has 2 heterocycles. The van der Waals surface area contributed by atoms with Gasteiger partial charge in [0.25, 0.3) is 0 Å². The van der Waals surface area contributed by atoms with Gasteiger partial charge in [-0.05, 0) is 37.8 Å². The van der Waals surface area contributed by atoms with E-state index in [0.29, 0.717) is 10.7 Å². The molecule has 1 aromatic carbocycles. The molecular formula is C17H16FN3OS3. The Kier molecular flexibility index (Phi) is 5.51. The lowest BCUT2D eigenvalue weighted by molar-refractivity contribution is -0.115. The molecule has 0 aliphatic rings. The number of thioether (sulfide) groups is 1. The first-order valence-electron chi connectivity index (χ1n) is 7.48. The zero-order valence-electron chi connectivity index (χ0n) is 13.9. The molecule has 0 radical (unpaired) electrons. The molecule has 130 valence electrons. The average molecular weight is 394 g/mol. The van der Waals surface area contributed by atoms with Gasteiger partial charge in [-0.25, -0.2) is 14.4 Å². The molecule has 0 saturated carbocycles. The lowest BCUT2D eigenvalue weighted by atomic mass is 10.1. The van der Waals surface area contributed by atoms with E-state index in [-0.39, 0.29) is 18.1 Å². The lowest BCUT2D eigenvalue weighted by Gasteiger charge is -2.05. The Hall–Kier alpha value is -1.77. The molecule has 4 nitrogen and oxygen atoms in total. The first kappa shape index (κ1) is 18.0. The fourth-order valence-corrected chi connectivity index (χ4v) is 4.44. The minimum Gasteiger partial charge on any atom is -0.302 e. The zero-order chi connectivity index (χ0) is 18.0. The van der Waals surface area contributed by atoms with Gasteiger partial charge in [0.05, 0.1) is 27.7 Å². The van der Waals surface area contributed by atoms with Crippen molar-refractivity contribution < 1.29 is 9.18 Å². The molecular weight excluding hydrogens is 377 g/mol. The maximum Gasteiger partial charge on any atom is 0.230 e. The Morgan fingerprint density at radius 2 is 2.12 bits per heavy atom. The van der Waals surface area contributed by atoms with E-state index >= 15 is 0 Å². The number of carbonyl (C=O) groups excluding carboxylic acids is 1. The maximum absolute atomic E-state index is 14.0. The molecule has 0 fully saturated rings.